The Morgan fingerprint density at radius 1 is 1.13 bits per heavy atom. The van der Waals surface area contributed by atoms with Gasteiger partial charge in [-0.05, 0) is 31.5 Å². The molecule has 116 valence electrons. The van der Waals surface area contributed by atoms with Gasteiger partial charge in [-0.25, -0.2) is 4.79 Å². The number of nitrogens with zero attached hydrogens (tertiary/aromatic N) is 1. The highest BCUT2D eigenvalue weighted by Crippen LogP contribution is 2.26. The average Bonchev–Trinajstić information content (AvgIpc) is 2.54. The maximum atomic E-state index is 12.1. The zero-order valence-corrected chi connectivity index (χ0v) is 13.0. The van der Waals surface area contributed by atoms with Gasteiger partial charge in [-0.1, -0.05) is 42.0 Å². The highest BCUT2D eigenvalue weighted by molar-refractivity contribution is 6.04. The third-order valence-electron chi connectivity index (χ3n) is 3.77. The number of para-hydroxylation sites is 1. The number of aromatic hydroxyl groups is 1. The molecule has 0 spiro atoms. The molecule has 0 saturated heterocycles. The normalized spacial score (nSPS) is 11.8. The van der Waals surface area contributed by atoms with Crippen LogP contribution in [0.5, 0.6) is 5.75 Å². The third kappa shape index (κ3) is 3.01. The summed E-state index contributed by atoms with van der Waals surface area (Å²) in [6.45, 7) is 4.17. The maximum Gasteiger partial charge on any atom is 0.349 e. The number of rotatable bonds is 3. The molecular formula is C19H17NO3. The summed E-state index contributed by atoms with van der Waals surface area (Å²) in [7, 11) is 0. The van der Waals surface area contributed by atoms with Gasteiger partial charge in [0.15, 0.2) is 0 Å². The SMILES string of the molecule is CC(=NCc1ccc(C)cc1)c1c(O)c2ccccc2oc1=O. The van der Waals surface area contributed by atoms with Crippen molar-refractivity contribution in [3.8, 4) is 5.75 Å². The van der Waals surface area contributed by atoms with Crippen molar-refractivity contribution < 1.29 is 9.52 Å². The van der Waals surface area contributed by atoms with E-state index in [1.54, 1.807) is 31.2 Å². The molecule has 23 heavy (non-hydrogen) atoms. The molecule has 0 amide bonds. The van der Waals surface area contributed by atoms with Crippen molar-refractivity contribution >= 4 is 16.7 Å². The van der Waals surface area contributed by atoms with Gasteiger partial charge in [0.05, 0.1) is 17.6 Å². The van der Waals surface area contributed by atoms with Gasteiger partial charge in [0.1, 0.15) is 16.9 Å². The topological polar surface area (TPSA) is 62.8 Å². The molecule has 0 unspecified atom stereocenters. The molecule has 1 heterocycles. The van der Waals surface area contributed by atoms with Crippen LogP contribution >= 0.6 is 0 Å². The van der Waals surface area contributed by atoms with Crippen LogP contribution in [0.25, 0.3) is 11.0 Å². The number of benzene rings is 2. The third-order valence-corrected chi connectivity index (χ3v) is 3.77. The Morgan fingerprint density at radius 3 is 2.57 bits per heavy atom. The summed E-state index contributed by atoms with van der Waals surface area (Å²) in [6.07, 6.45) is 0. The Labute approximate surface area is 133 Å². The van der Waals surface area contributed by atoms with Crippen molar-refractivity contribution in [2.45, 2.75) is 20.4 Å². The molecule has 3 aromatic rings. The minimum Gasteiger partial charge on any atom is -0.506 e. The summed E-state index contributed by atoms with van der Waals surface area (Å²) in [5.41, 5.74) is 2.59. The number of fused-ring (bicyclic) bond motifs is 1. The lowest BCUT2D eigenvalue weighted by molar-refractivity contribution is 0.466. The number of aliphatic imine (C=N–C) groups is 1. The standard InChI is InChI=1S/C19H17NO3/c1-12-7-9-14(10-8-12)11-20-13(2)17-18(21)15-5-3-4-6-16(15)23-19(17)22/h3-10,21H,11H2,1-2H3. The zero-order chi connectivity index (χ0) is 16.4. The Kier molecular flexibility index (Phi) is 3.98. The van der Waals surface area contributed by atoms with Crippen molar-refractivity contribution in [1.82, 2.24) is 0 Å². The smallest absolute Gasteiger partial charge is 0.349 e. The molecule has 0 radical (unpaired) electrons. The number of hydrogen-bond donors (Lipinski definition) is 1. The van der Waals surface area contributed by atoms with Crippen LogP contribution in [-0.4, -0.2) is 10.8 Å². The summed E-state index contributed by atoms with van der Waals surface area (Å²) in [5.74, 6) is -0.0815. The van der Waals surface area contributed by atoms with Gasteiger partial charge in [-0.15, -0.1) is 0 Å². The van der Waals surface area contributed by atoms with E-state index in [0.29, 0.717) is 23.2 Å². The molecule has 0 atom stereocenters. The van der Waals surface area contributed by atoms with Gasteiger partial charge in [-0.3, -0.25) is 4.99 Å². The molecule has 0 aliphatic heterocycles. The van der Waals surface area contributed by atoms with E-state index in [9.17, 15) is 9.90 Å². The van der Waals surface area contributed by atoms with E-state index in [1.165, 1.54) is 5.56 Å². The molecule has 0 bridgehead atoms. The van der Waals surface area contributed by atoms with Crippen LogP contribution in [0.15, 0.2) is 62.7 Å². The van der Waals surface area contributed by atoms with Gasteiger partial charge >= 0.3 is 5.63 Å². The van der Waals surface area contributed by atoms with Gasteiger partial charge in [-0.2, -0.15) is 0 Å². The first-order valence-corrected chi connectivity index (χ1v) is 7.38. The molecule has 4 heteroatoms. The molecule has 2 aromatic carbocycles. The van der Waals surface area contributed by atoms with Crippen molar-refractivity contribution in [2.24, 2.45) is 4.99 Å². The lowest BCUT2D eigenvalue weighted by Crippen LogP contribution is -2.13. The summed E-state index contributed by atoms with van der Waals surface area (Å²) in [4.78, 5) is 16.6. The fourth-order valence-corrected chi connectivity index (χ4v) is 2.43. The van der Waals surface area contributed by atoms with Crippen LogP contribution in [0.3, 0.4) is 0 Å². The predicted octanol–water partition coefficient (Wildman–Crippen LogP) is 3.82. The minimum absolute atomic E-state index is 0.0815. The minimum atomic E-state index is -0.577. The van der Waals surface area contributed by atoms with Crippen molar-refractivity contribution in [1.29, 1.82) is 0 Å². The summed E-state index contributed by atoms with van der Waals surface area (Å²) in [5, 5.41) is 10.9. The van der Waals surface area contributed by atoms with Crippen molar-refractivity contribution in [2.75, 3.05) is 0 Å². The lowest BCUT2D eigenvalue weighted by atomic mass is 10.1. The number of hydrogen-bond acceptors (Lipinski definition) is 4. The second-order valence-corrected chi connectivity index (χ2v) is 5.50. The van der Waals surface area contributed by atoms with Gasteiger partial charge in [0.25, 0.3) is 0 Å². The van der Waals surface area contributed by atoms with Gasteiger partial charge in [0, 0.05) is 0 Å². The van der Waals surface area contributed by atoms with E-state index in [1.807, 2.05) is 31.2 Å². The molecule has 1 aromatic heterocycles. The summed E-state index contributed by atoms with van der Waals surface area (Å²) in [6, 6.07) is 14.9. The quantitative estimate of drug-likeness (QED) is 0.591. The van der Waals surface area contributed by atoms with Crippen LogP contribution < -0.4 is 5.63 Å². The van der Waals surface area contributed by atoms with Crippen LogP contribution in [-0.2, 0) is 6.54 Å². The largest absolute Gasteiger partial charge is 0.506 e. The first-order valence-electron chi connectivity index (χ1n) is 7.38. The summed E-state index contributed by atoms with van der Waals surface area (Å²) >= 11 is 0. The predicted molar refractivity (Wildman–Crippen MR) is 91.2 cm³/mol. The Balaban J connectivity index is 2.00. The number of aryl methyl sites for hydroxylation is 1. The summed E-state index contributed by atoms with van der Waals surface area (Å²) < 4.78 is 5.27. The first kappa shape index (κ1) is 15.0. The zero-order valence-electron chi connectivity index (χ0n) is 13.0. The molecule has 4 nitrogen and oxygen atoms in total. The lowest BCUT2D eigenvalue weighted by Gasteiger charge is -2.06. The molecule has 0 aliphatic rings. The van der Waals surface area contributed by atoms with E-state index in [4.69, 9.17) is 4.42 Å². The Hall–Kier alpha value is -2.88. The molecule has 0 fully saturated rings. The van der Waals surface area contributed by atoms with Crippen LogP contribution in [0.4, 0.5) is 0 Å². The molecule has 0 aliphatic carbocycles. The van der Waals surface area contributed by atoms with Crippen molar-refractivity contribution in [3.05, 3.63) is 75.6 Å². The van der Waals surface area contributed by atoms with E-state index in [0.717, 1.165) is 5.56 Å². The van der Waals surface area contributed by atoms with E-state index >= 15 is 0 Å². The second-order valence-electron chi connectivity index (χ2n) is 5.50. The molecule has 3 rings (SSSR count). The van der Waals surface area contributed by atoms with Gasteiger partial charge in [0.2, 0.25) is 0 Å². The van der Waals surface area contributed by atoms with Crippen molar-refractivity contribution in [3.63, 3.8) is 0 Å². The van der Waals surface area contributed by atoms with Crippen LogP contribution in [0.1, 0.15) is 23.6 Å². The van der Waals surface area contributed by atoms with E-state index in [2.05, 4.69) is 4.99 Å². The first-order chi connectivity index (χ1) is 11.1. The van der Waals surface area contributed by atoms with Gasteiger partial charge < -0.3 is 9.52 Å². The monoisotopic (exact) mass is 307 g/mol. The second kappa shape index (κ2) is 6.08. The highest BCUT2D eigenvalue weighted by atomic mass is 16.4. The van der Waals surface area contributed by atoms with Crippen LogP contribution in [0.2, 0.25) is 0 Å². The molecule has 0 saturated carbocycles. The maximum absolute atomic E-state index is 12.1. The molecule has 1 N–H and O–H groups in total. The van der Waals surface area contributed by atoms with E-state index < -0.39 is 5.63 Å². The highest BCUT2D eigenvalue weighted by Gasteiger charge is 2.15. The Bertz CT molecular complexity index is 937. The van der Waals surface area contributed by atoms with Crippen LogP contribution in [0, 0.1) is 6.92 Å². The van der Waals surface area contributed by atoms with E-state index in [-0.39, 0.29) is 11.3 Å². The molecular weight excluding hydrogens is 290 g/mol. The fourth-order valence-electron chi connectivity index (χ4n) is 2.43. The fraction of sp³-hybridized carbons (Fsp3) is 0.158. The average molecular weight is 307 g/mol. The Morgan fingerprint density at radius 2 is 1.83 bits per heavy atom.